The van der Waals surface area contributed by atoms with Gasteiger partial charge >= 0.3 is 6.18 Å². The van der Waals surface area contributed by atoms with Crippen LogP contribution in [0.4, 0.5) is 13.2 Å². The molecular weight excluding hydrogens is 435 g/mol. The van der Waals surface area contributed by atoms with Crippen LogP contribution in [0.5, 0.6) is 0 Å². The minimum atomic E-state index is -4.91. The number of nitrogens with one attached hydrogen (secondary N) is 1. The fourth-order valence-corrected chi connectivity index (χ4v) is 4.14. The number of aryl methyl sites for hydroxylation is 2. The van der Waals surface area contributed by atoms with E-state index in [9.17, 15) is 22.8 Å². The highest BCUT2D eigenvalue weighted by Crippen LogP contribution is 2.28. The van der Waals surface area contributed by atoms with E-state index < -0.39 is 29.4 Å². The Morgan fingerprint density at radius 2 is 1.73 bits per heavy atom. The average Bonchev–Trinajstić information content (AvgIpc) is 2.76. The topological polar surface area (TPSA) is 70.5 Å². The lowest BCUT2D eigenvalue weighted by Crippen LogP contribution is -2.46. The zero-order valence-electron chi connectivity index (χ0n) is 19.6. The molecule has 1 aromatic carbocycles. The van der Waals surface area contributed by atoms with Gasteiger partial charge in [0.15, 0.2) is 0 Å². The summed E-state index contributed by atoms with van der Waals surface area (Å²) in [5.74, 6) is -0.494. The van der Waals surface area contributed by atoms with E-state index in [2.05, 4.69) is 27.0 Å². The summed E-state index contributed by atoms with van der Waals surface area (Å²) in [6.07, 6.45) is -4.19. The summed E-state index contributed by atoms with van der Waals surface area (Å²) in [6, 6.07) is 2.01. The molecule has 1 N–H and O–H groups in total. The molecular formula is C23H32F3N5O2. The van der Waals surface area contributed by atoms with Gasteiger partial charge in [-0.1, -0.05) is 6.92 Å². The molecule has 182 valence electrons. The maximum absolute atomic E-state index is 13.5. The fraction of sp³-hybridized carbons (Fsp3) is 0.609. The summed E-state index contributed by atoms with van der Waals surface area (Å²) in [7, 11) is 0. The number of likely N-dealkylation sites (N-methyl/N-ethyl adjacent to an activating group) is 1. The number of rotatable bonds is 7. The predicted octanol–water partition coefficient (Wildman–Crippen LogP) is 2.74. The van der Waals surface area contributed by atoms with Gasteiger partial charge in [0.25, 0.3) is 5.56 Å². The van der Waals surface area contributed by atoms with E-state index in [0.29, 0.717) is 6.54 Å². The third-order valence-corrected chi connectivity index (χ3v) is 6.40. The third-order valence-electron chi connectivity index (χ3n) is 6.40. The Kier molecular flexibility index (Phi) is 7.79. The van der Waals surface area contributed by atoms with Crippen LogP contribution < -0.4 is 10.9 Å². The van der Waals surface area contributed by atoms with Gasteiger partial charge in [-0.2, -0.15) is 13.2 Å². The molecule has 0 spiro atoms. The SMILES string of the molecule is CCN1CCN(CCCNC(=O)[C@H](C)n2c(=O)c(C(F)(F)F)nc3cc(C)c(C)cc32)CC1. The van der Waals surface area contributed by atoms with Gasteiger partial charge < -0.3 is 15.1 Å². The quantitative estimate of drug-likeness (QED) is 0.635. The molecule has 7 nitrogen and oxygen atoms in total. The average molecular weight is 468 g/mol. The lowest BCUT2D eigenvalue weighted by Gasteiger charge is -2.34. The number of aromatic nitrogens is 2. The van der Waals surface area contributed by atoms with Gasteiger partial charge in [-0.3, -0.25) is 14.2 Å². The predicted molar refractivity (Wildman–Crippen MR) is 121 cm³/mol. The number of nitrogens with zero attached hydrogens (tertiary/aromatic N) is 4. The van der Waals surface area contributed by atoms with E-state index in [0.717, 1.165) is 61.4 Å². The summed E-state index contributed by atoms with van der Waals surface area (Å²) in [5, 5.41) is 2.78. The second kappa shape index (κ2) is 10.2. The van der Waals surface area contributed by atoms with E-state index in [1.165, 1.54) is 13.0 Å². The van der Waals surface area contributed by atoms with Gasteiger partial charge in [0.1, 0.15) is 6.04 Å². The monoisotopic (exact) mass is 467 g/mol. The van der Waals surface area contributed by atoms with Crippen molar-refractivity contribution in [2.75, 3.05) is 45.8 Å². The van der Waals surface area contributed by atoms with Gasteiger partial charge in [0.2, 0.25) is 11.6 Å². The molecule has 0 bridgehead atoms. The Balaban J connectivity index is 1.74. The van der Waals surface area contributed by atoms with Crippen LogP contribution in [0.25, 0.3) is 11.0 Å². The molecule has 2 heterocycles. The van der Waals surface area contributed by atoms with Crippen molar-refractivity contribution in [1.82, 2.24) is 24.7 Å². The van der Waals surface area contributed by atoms with Crippen molar-refractivity contribution >= 4 is 16.9 Å². The molecule has 3 rings (SSSR count). The molecule has 1 aliphatic rings. The first kappa shape index (κ1) is 25.2. The Morgan fingerprint density at radius 3 is 2.33 bits per heavy atom. The summed E-state index contributed by atoms with van der Waals surface area (Å²) >= 11 is 0. The van der Waals surface area contributed by atoms with Gasteiger partial charge in [-0.15, -0.1) is 0 Å². The maximum atomic E-state index is 13.5. The molecule has 0 unspecified atom stereocenters. The minimum absolute atomic E-state index is 0.0379. The highest BCUT2D eigenvalue weighted by Gasteiger charge is 2.38. The van der Waals surface area contributed by atoms with Crippen molar-refractivity contribution in [2.45, 2.75) is 46.3 Å². The number of hydrogen-bond acceptors (Lipinski definition) is 5. The van der Waals surface area contributed by atoms with E-state index in [-0.39, 0.29) is 11.0 Å². The number of amides is 1. The lowest BCUT2D eigenvalue weighted by molar-refractivity contribution is -0.142. The first-order valence-electron chi connectivity index (χ1n) is 11.4. The van der Waals surface area contributed by atoms with Crippen LogP contribution in [0.1, 0.15) is 43.1 Å². The number of fused-ring (bicyclic) bond motifs is 1. The van der Waals surface area contributed by atoms with Crippen LogP contribution in [-0.4, -0.2) is 71.1 Å². The fourth-order valence-electron chi connectivity index (χ4n) is 4.14. The number of hydrogen-bond donors (Lipinski definition) is 1. The molecule has 1 aromatic heterocycles. The molecule has 0 aliphatic carbocycles. The van der Waals surface area contributed by atoms with Gasteiger partial charge in [0, 0.05) is 32.7 Å². The highest BCUT2D eigenvalue weighted by molar-refractivity contribution is 5.84. The van der Waals surface area contributed by atoms with E-state index in [1.807, 2.05) is 0 Å². The Bertz CT molecular complexity index is 1060. The van der Waals surface area contributed by atoms with Gasteiger partial charge in [-0.25, -0.2) is 4.98 Å². The molecule has 1 amide bonds. The molecule has 2 aromatic rings. The van der Waals surface area contributed by atoms with Crippen molar-refractivity contribution in [2.24, 2.45) is 0 Å². The van der Waals surface area contributed by atoms with Gasteiger partial charge in [0.05, 0.1) is 11.0 Å². The third kappa shape index (κ3) is 5.73. The molecule has 0 saturated carbocycles. The van der Waals surface area contributed by atoms with Crippen molar-refractivity contribution in [1.29, 1.82) is 0 Å². The molecule has 1 aliphatic heterocycles. The smallest absolute Gasteiger partial charge is 0.354 e. The van der Waals surface area contributed by atoms with Crippen LogP contribution in [0.3, 0.4) is 0 Å². The molecule has 1 atom stereocenters. The summed E-state index contributed by atoms with van der Waals surface area (Å²) in [5.41, 5.74) is -1.01. The minimum Gasteiger partial charge on any atom is -0.354 e. The summed E-state index contributed by atoms with van der Waals surface area (Å²) in [6.45, 7) is 13.4. The lowest BCUT2D eigenvalue weighted by atomic mass is 10.1. The first-order chi connectivity index (χ1) is 15.5. The highest BCUT2D eigenvalue weighted by atomic mass is 19.4. The number of benzene rings is 1. The summed E-state index contributed by atoms with van der Waals surface area (Å²) < 4.78 is 41.4. The number of carbonyl (C=O) groups excluding carboxylic acids is 1. The number of halogens is 3. The van der Waals surface area contributed by atoms with E-state index in [4.69, 9.17) is 0 Å². The Morgan fingerprint density at radius 1 is 1.12 bits per heavy atom. The van der Waals surface area contributed by atoms with E-state index >= 15 is 0 Å². The van der Waals surface area contributed by atoms with Crippen molar-refractivity contribution < 1.29 is 18.0 Å². The number of carbonyl (C=O) groups is 1. The van der Waals surface area contributed by atoms with Crippen LogP contribution in [0.2, 0.25) is 0 Å². The van der Waals surface area contributed by atoms with Crippen LogP contribution in [-0.2, 0) is 11.0 Å². The number of alkyl halides is 3. The zero-order valence-corrected chi connectivity index (χ0v) is 19.6. The van der Waals surface area contributed by atoms with Crippen LogP contribution >= 0.6 is 0 Å². The number of piperazine rings is 1. The molecule has 1 fully saturated rings. The van der Waals surface area contributed by atoms with Gasteiger partial charge in [-0.05, 0) is 63.5 Å². The largest absolute Gasteiger partial charge is 0.438 e. The Labute approximate surface area is 191 Å². The Hall–Kier alpha value is -2.46. The first-order valence-corrected chi connectivity index (χ1v) is 11.4. The molecule has 33 heavy (non-hydrogen) atoms. The van der Waals surface area contributed by atoms with E-state index in [1.54, 1.807) is 19.9 Å². The maximum Gasteiger partial charge on any atom is 0.438 e. The second-order valence-corrected chi connectivity index (χ2v) is 8.65. The summed E-state index contributed by atoms with van der Waals surface area (Å²) in [4.78, 5) is 33.9. The van der Waals surface area contributed by atoms with Crippen LogP contribution in [0, 0.1) is 13.8 Å². The zero-order chi connectivity index (χ0) is 24.3. The van der Waals surface area contributed by atoms with Crippen molar-refractivity contribution in [3.63, 3.8) is 0 Å². The molecule has 0 radical (unpaired) electrons. The molecule has 10 heteroatoms. The van der Waals surface area contributed by atoms with Crippen LogP contribution in [0.15, 0.2) is 16.9 Å². The van der Waals surface area contributed by atoms with Crippen molar-refractivity contribution in [3.05, 3.63) is 39.3 Å². The normalized spacial score (nSPS) is 16.8. The second-order valence-electron chi connectivity index (χ2n) is 8.65. The standard InChI is InChI=1S/C23H32F3N5O2/c1-5-29-9-11-30(12-10-29)8-6-7-27-21(32)17(4)31-19-14-16(3)15(2)13-18(19)28-20(22(31)33)23(24,25)26/h13-14,17H,5-12H2,1-4H3,(H,27,32)/t17-/m0/s1. The van der Waals surface area contributed by atoms with Crippen molar-refractivity contribution in [3.8, 4) is 0 Å². The molecule has 1 saturated heterocycles.